The van der Waals surface area contributed by atoms with Crippen LogP contribution in [0.4, 0.5) is 23.0 Å². The number of amides is 2. The van der Waals surface area contributed by atoms with E-state index in [0.29, 0.717) is 19.5 Å². The summed E-state index contributed by atoms with van der Waals surface area (Å²) in [5.74, 6) is -4.79. The predicted molar refractivity (Wildman–Crippen MR) is 104 cm³/mol. The van der Waals surface area contributed by atoms with Crippen molar-refractivity contribution in [1.82, 2.24) is 9.27 Å². The van der Waals surface area contributed by atoms with E-state index in [0.717, 1.165) is 24.7 Å². The van der Waals surface area contributed by atoms with Crippen LogP contribution < -0.4 is 15.8 Å². The average Bonchev–Trinajstić information content (AvgIpc) is 3.11. The Morgan fingerprint density at radius 3 is 2.63 bits per heavy atom. The molecule has 2 rings (SSSR count). The van der Waals surface area contributed by atoms with Gasteiger partial charge < -0.3 is 20.1 Å². The third-order valence-corrected chi connectivity index (χ3v) is 4.85. The summed E-state index contributed by atoms with van der Waals surface area (Å²) in [6, 6.07) is 0.309. The average molecular weight is 446 g/mol. The number of carbonyl (C=O) groups is 2. The molecule has 8 nitrogen and oxygen atoms in total. The van der Waals surface area contributed by atoms with Crippen molar-refractivity contribution < 1.29 is 32.2 Å². The number of hydrogen-bond acceptors (Lipinski definition) is 7. The van der Waals surface area contributed by atoms with Gasteiger partial charge in [0, 0.05) is 13.6 Å². The second kappa shape index (κ2) is 10.3. The highest BCUT2D eigenvalue weighted by atomic mass is 32.1. The van der Waals surface area contributed by atoms with Gasteiger partial charge in [0.15, 0.2) is 17.2 Å². The summed E-state index contributed by atoms with van der Waals surface area (Å²) in [6.07, 6.45) is 0.578. The van der Waals surface area contributed by atoms with E-state index in [2.05, 4.69) is 14.4 Å². The maximum atomic E-state index is 14.0. The molecule has 164 valence electrons. The number of aryl methyl sites for hydroxylation is 1. The first-order chi connectivity index (χ1) is 14.2. The van der Waals surface area contributed by atoms with Crippen LogP contribution in [-0.2, 0) is 11.3 Å². The van der Waals surface area contributed by atoms with Gasteiger partial charge in [-0.1, -0.05) is 0 Å². The lowest BCUT2D eigenvalue weighted by Gasteiger charge is -2.17. The zero-order chi connectivity index (χ0) is 22.4. The molecule has 1 heterocycles. The number of nitrogens with one attached hydrogen (secondary N) is 1. The normalized spacial score (nSPS) is 10.6. The van der Waals surface area contributed by atoms with Crippen LogP contribution in [0.5, 0.6) is 5.88 Å². The number of ether oxygens (including phenoxy) is 2. The van der Waals surface area contributed by atoms with E-state index in [1.165, 1.54) is 11.8 Å². The van der Waals surface area contributed by atoms with Gasteiger partial charge in [-0.15, -0.1) is 0 Å². The van der Waals surface area contributed by atoms with E-state index in [1.807, 2.05) is 0 Å². The molecule has 0 fully saturated rings. The van der Waals surface area contributed by atoms with Gasteiger partial charge in [-0.3, -0.25) is 5.32 Å². The molecule has 30 heavy (non-hydrogen) atoms. The molecule has 0 aliphatic heterocycles. The maximum Gasteiger partial charge on any atom is 0.346 e. The fourth-order valence-corrected chi connectivity index (χ4v) is 3.10. The van der Waals surface area contributed by atoms with E-state index in [9.17, 15) is 22.8 Å². The van der Waals surface area contributed by atoms with Crippen LogP contribution in [0.25, 0.3) is 0 Å². The van der Waals surface area contributed by atoms with E-state index < -0.39 is 41.6 Å². The van der Waals surface area contributed by atoms with Crippen molar-refractivity contribution in [2.45, 2.75) is 20.0 Å². The Bertz CT molecular complexity index is 939. The highest BCUT2D eigenvalue weighted by Crippen LogP contribution is 2.32. The minimum atomic E-state index is -1.39. The third-order valence-electron chi connectivity index (χ3n) is 4.10. The standard InChI is InChI=1S/C18H21F3N4O4S/c1-9-7-11(19)10(14(21)13(9)20)8-29-15-12(17(26)28-3)16(30-24-15)23-18(27)25(2)6-4-5-22/h7H,4-6,8,22H2,1-3H3,(H,23,27). The SMILES string of the molecule is COC(=O)c1c(OCc2c(F)cc(C)c(F)c2F)nsc1NC(=O)N(C)CCCN. The second-order valence-corrected chi connectivity index (χ2v) is 7.02. The highest BCUT2D eigenvalue weighted by Gasteiger charge is 2.26. The number of urea groups is 1. The Kier molecular flexibility index (Phi) is 8.00. The lowest BCUT2D eigenvalue weighted by molar-refractivity contribution is 0.0596. The molecule has 0 spiro atoms. The quantitative estimate of drug-likeness (QED) is 0.477. The molecule has 12 heteroatoms. The number of halogens is 3. The van der Waals surface area contributed by atoms with Crippen LogP contribution in [0.1, 0.15) is 27.9 Å². The second-order valence-electron chi connectivity index (χ2n) is 6.25. The molecule has 1 aromatic heterocycles. The van der Waals surface area contributed by atoms with Crippen LogP contribution in [0.2, 0.25) is 0 Å². The zero-order valence-corrected chi connectivity index (χ0v) is 17.4. The molecule has 2 amide bonds. The monoisotopic (exact) mass is 446 g/mol. The molecule has 0 unspecified atom stereocenters. The van der Waals surface area contributed by atoms with Crippen LogP contribution in [0.15, 0.2) is 6.07 Å². The number of nitrogens with two attached hydrogens (primary N) is 1. The van der Waals surface area contributed by atoms with Crippen molar-refractivity contribution in [3.8, 4) is 5.88 Å². The van der Waals surface area contributed by atoms with Crippen LogP contribution in [-0.4, -0.2) is 48.5 Å². The third kappa shape index (κ3) is 5.19. The zero-order valence-electron chi connectivity index (χ0n) is 16.6. The number of hydrogen-bond donors (Lipinski definition) is 2. The summed E-state index contributed by atoms with van der Waals surface area (Å²) >= 11 is 0.718. The number of esters is 1. The summed E-state index contributed by atoms with van der Waals surface area (Å²) in [4.78, 5) is 25.8. The van der Waals surface area contributed by atoms with Crippen molar-refractivity contribution in [2.24, 2.45) is 5.73 Å². The summed E-state index contributed by atoms with van der Waals surface area (Å²) in [6.45, 7) is 1.28. The Labute approximate surface area is 174 Å². The number of anilines is 1. The molecule has 0 saturated heterocycles. The van der Waals surface area contributed by atoms with Gasteiger partial charge in [-0.25, -0.2) is 22.8 Å². The number of aromatic nitrogens is 1. The maximum absolute atomic E-state index is 14.0. The number of carbonyl (C=O) groups excluding carboxylic acids is 2. The Hall–Kier alpha value is -2.86. The molecule has 1 aromatic carbocycles. The molecule has 3 N–H and O–H groups in total. The van der Waals surface area contributed by atoms with Gasteiger partial charge >= 0.3 is 12.0 Å². The summed E-state index contributed by atoms with van der Waals surface area (Å²) in [7, 11) is 2.65. The van der Waals surface area contributed by atoms with Gasteiger partial charge in [0.25, 0.3) is 0 Å². The molecule has 0 radical (unpaired) electrons. The fraction of sp³-hybridized carbons (Fsp3) is 0.389. The minimum absolute atomic E-state index is 0.0254. The van der Waals surface area contributed by atoms with Gasteiger partial charge in [0.1, 0.15) is 17.4 Å². The molecule has 2 aromatic rings. The van der Waals surface area contributed by atoms with Crippen molar-refractivity contribution in [3.63, 3.8) is 0 Å². The summed E-state index contributed by atoms with van der Waals surface area (Å²) in [5.41, 5.74) is 4.34. The van der Waals surface area contributed by atoms with Gasteiger partial charge in [0.2, 0.25) is 5.88 Å². The lowest BCUT2D eigenvalue weighted by atomic mass is 10.1. The highest BCUT2D eigenvalue weighted by molar-refractivity contribution is 7.11. The number of rotatable bonds is 8. The number of nitrogens with zero attached hydrogens (tertiary/aromatic N) is 2. The van der Waals surface area contributed by atoms with E-state index >= 15 is 0 Å². The smallest absolute Gasteiger partial charge is 0.346 e. The summed E-state index contributed by atoms with van der Waals surface area (Å²) < 4.78 is 55.6. The van der Waals surface area contributed by atoms with Crippen LogP contribution in [0.3, 0.4) is 0 Å². The van der Waals surface area contributed by atoms with Crippen molar-refractivity contribution in [1.29, 1.82) is 0 Å². The lowest BCUT2D eigenvalue weighted by Crippen LogP contribution is -2.33. The Balaban J connectivity index is 2.25. The number of methoxy groups -OCH3 is 1. The van der Waals surface area contributed by atoms with Crippen molar-refractivity contribution in [2.75, 3.05) is 32.6 Å². The van der Waals surface area contributed by atoms with E-state index in [1.54, 1.807) is 7.05 Å². The van der Waals surface area contributed by atoms with Crippen LogP contribution in [0, 0.1) is 24.4 Å². The minimum Gasteiger partial charge on any atom is -0.471 e. The molecule has 0 aliphatic carbocycles. The summed E-state index contributed by atoms with van der Waals surface area (Å²) in [5, 5.41) is 2.53. The molecular weight excluding hydrogens is 425 g/mol. The van der Waals surface area contributed by atoms with E-state index in [4.69, 9.17) is 10.5 Å². The molecular formula is C18H21F3N4O4S. The van der Waals surface area contributed by atoms with E-state index in [-0.39, 0.29) is 22.0 Å². The Morgan fingerprint density at radius 1 is 1.30 bits per heavy atom. The molecule has 0 saturated carbocycles. The van der Waals surface area contributed by atoms with Gasteiger partial charge in [0.05, 0.1) is 12.7 Å². The molecule has 0 bridgehead atoms. The van der Waals surface area contributed by atoms with Gasteiger partial charge in [-0.2, -0.15) is 4.37 Å². The molecule has 0 atom stereocenters. The first kappa shape index (κ1) is 23.4. The first-order valence-corrected chi connectivity index (χ1v) is 9.54. The fourth-order valence-electron chi connectivity index (χ4n) is 2.39. The van der Waals surface area contributed by atoms with Crippen LogP contribution >= 0.6 is 11.5 Å². The van der Waals surface area contributed by atoms with Crippen molar-refractivity contribution in [3.05, 3.63) is 40.2 Å². The topological polar surface area (TPSA) is 107 Å². The van der Waals surface area contributed by atoms with Gasteiger partial charge in [-0.05, 0) is 43.1 Å². The molecule has 0 aliphatic rings. The van der Waals surface area contributed by atoms with Crippen molar-refractivity contribution >= 4 is 28.5 Å². The first-order valence-electron chi connectivity index (χ1n) is 8.77. The number of benzene rings is 1. The predicted octanol–water partition coefficient (Wildman–Crippen LogP) is 3.05. The Morgan fingerprint density at radius 2 is 2.00 bits per heavy atom. The largest absolute Gasteiger partial charge is 0.471 e.